The van der Waals surface area contributed by atoms with E-state index in [0.29, 0.717) is 0 Å². The highest BCUT2D eigenvalue weighted by atomic mass is 15.1. The number of nitrogens with zero attached hydrogens (tertiary/aromatic N) is 2. The molecule has 1 saturated heterocycles. The minimum absolute atomic E-state index is 0.850. The van der Waals surface area contributed by atoms with Crippen LogP contribution >= 0.6 is 0 Å². The maximum atomic E-state index is 3.28. The van der Waals surface area contributed by atoms with E-state index in [1.807, 2.05) is 0 Å². The summed E-state index contributed by atoms with van der Waals surface area (Å²) in [5.41, 5.74) is 1.35. The second kappa shape index (κ2) is 7.20. The lowest BCUT2D eigenvalue weighted by Crippen LogP contribution is -2.20. The normalized spacial score (nSPS) is 15.7. The molecule has 1 aliphatic heterocycles. The van der Waals surface area contributed by atoms with Gasteiger partial charge in [0.2, 0.25) is 0 Å². The molecular weight excluding hydrogens is 220 g/mol. The zero-order valence-corrected chi connectivity index (χ0v) is 11.2. The van der Waals surface area contributed by atoms with Crippen molar-refractivity contribution in [1.29, 1.82) is 0 Å². The molecule has 0 saturated carbocycles. The van der Waals surface area contributed by atoms with Crippen LogP contribution in [0.4, 0.5) is 0 Å². The van der Waals surface area contributed by atoms with Crippen LogP contribution in [0, 0.1) is 11.8 Å². The van der Waals surface area contributed by atoms with Gasteiger partial charge in [-0.1, -0.05) is 42.2 Å². The molecule has 0 aliphatic carbocycles. The van der Waals surface area contributed by atoms with E-state index in [4.69, 9.17) is 0 Å². The Morgan fingerprint density at radius 1 is 1.11 bits per heavy atom. The van der Waals surface area contributed by atoms with Gasteiger partial charge in [-0.05, 0) is 38.5 Å². The average molecular weight is 242 g/mol. The van der Waals surface area contributed by atoms with Gasteiger partial charge in [-0.15, -0.1) is 0 Å². The first-order valence-electron chi connectivity index (χ1n) is 6.75. The first-order valence-corrected chi connectivity index (χ1v) is 6.75. The molecule has 0 radical (unpaired) electrons. The molecule has 2 rings (SSSR count). The van der Waals surface area contributed by atoms with Crippen molar-refractivity contribution in [3.05, 3.63) is 35.9 Å². The van der Waals surface area contributed by atoms with Crippen molar-refractivity contribution in [2.45, 2.75) is 19.4 Å². The first kappa shape index (κ1) is 13.1. The van der Waals surface area contributed by atoms with Gasteiger partial charge in [0.1, 0.15) is 0 Å². The predicted octanol–water partition coefficient (Wildman–Crippen LogP) is 2.22. The van der Waals surface area contributed by atoms with Crippen LogP contribution in [-0.4, -0.2) is 43.0 Å². The fourth-order valence-electron chi connectivity index (χ4n) is 2.25. The Balaban J connectivity index is 1.68. The summed E-state index contributed by atoms with van der Waals surface area (Å²) in [6.07, 6.45) is 2.69. The molecule has 0 amide bonds. The van der Waals surface area contributed by atoms with Gasteiger partial charge in [0.25, 0.3) is 0 Å². The quantitative estimate of drug-likeness (QED) is 0.747. The second-order valence-corrected chi connectivity index (χ2v) is 4.99. The summed E-state index contributed by atoms with van der Waals surface area (Å²) >= 11 is 0. The lowest BCUT2D eigenvalue weighted by atomic mass is 10.2. The number of rotatable bonds is 4. The molecule has 0 atom stereocenters. The van der Waals surface area contributed by atoms with Crippen molar-refractivity contribution in [2.24, 2.45) is 0 Å². The van der Waals surface area contributed by atoms with Crippen LogP contribution in [0.1, 0.15) is 18.4 Å². The largest absolute Gasteiger partial charge is 0.292 e. The van der Waals surface area contributed by atoms with Crippen LogP contribution in [0.2, 0.25) is 0 Å². The fraction of sp³-hybridized carbons (Fsp3) is 0.500. The number of hydrogen-bond donors (Lipinski definition) is 0. The molecule has 0 spiro atoms. The topological polar surface area (TPSA) is 6.48 Å². The van der Waals surface area contributed by atoms with Gasteiger partial charge in [-0.25, -0.2) is 0 Å². The Hall–Kier alpha value is -1.30. The Morgan fingerprint density at radius 2 is 1.83 bits per heavy atom. The maximum Gasteiger partial charge on any atom is 0.0602 e. The van der Waals surface area contributed by atoms with E-state index in [2.05, 4.69) is 59.0 Å². The smallest absolute Gasteiger partial charge is 0.0602 e. The summed E-state index contributed by atoms with van der Waals surface area (Å²) in [5, 5.41) is 0. The molecule has 0 bridgehead atoms. The summed E-state index contributed by atoms with van der Waals surface area (Å²) in [7, 11) is 2.12. The average Bonchev–Trinajstić information content (AvgIpc) is 2.89. The van der Waals surface area contributed by atoms with E-state index in [1.165, 1.54) is 31.5 Å². The van der Waals surface area contributed by atoms with E-state index < -0.39 is 0 Å². The highest BCUT2D eigenvalue weighted by Gasteiger charge is 2.08. The second-order valence-electron chi connectivity index (χ2n) is 4.99. The molecule has 1 aromatic rings. The molecule has 0 unspecified atom stereocenters. The van der Waals surface area contributed by atoms with Gasteiger partial charge in [0, 0.05) is 6.54 Å². The van der Waals surface area contributed by atoms with Crippen molar-refractivity contribution in [3.8, 4) is 11.8 Å². The Kier molecular flexibility index (Phi) is 5.26. The fourth-order valence-corrected chi connectivity index (χ4v) is 2.25. The molecule has 1 aromatic carbocycles. The highest BCUT2D eigenvalue weighted by molar-refractivity contribution is 5.14. The molecule has 2 nitrogen and oxygen atoms in total. The van der Waals surface area contributed by atoms with Gasteiger partial charge in [-0.2, -0.15) is 0 Å². The lowest BCUT2D eigenvalue weighted by Gasteiger charge is -2.13. The van der Waals surface area contributed by atoms with Crippen LogP contribution in [0.25, 0.3) is 0 Å². The van der Waals surface area contributed by atoms with E-state index in [-0.39, 0.29) is 0 Å². The van der Waals surface area contributed by atoms with E-state index >= 15 is 0 Å². The van der Waals surface area contributed by atoms with E-state index in [9.17, 15) is 0 Å². The zero-order chi connectivity index (χ0) is 12.6. The molecule has 96 valence electrons. The molecule has 1 fully saturated rings. The summed E-state index contributed by atoms with van der Waals surface area (Å²) in [5.74, 6) is 6.54. The van der Waals surface area contributed by atoms with Crippen LogP contribution in [0.3, 0.4) is 0 Å². The highest BCUT2D eigenvalue weighted by Crippen LogP contribution is 2.05. The Labute approximate surface area is 111 Å². The van der Waals surface area contributed by atoms with Crippen molar-refractivity contribution < 1.29 is 0 Å². The maximum absolute atomic E-state index is 3.28. The van der Waals surface area contributed by atoms with Gasteiger partial charge >= 0.3 is 0 Å². The molecule has 1 aliphatic rings. The van der Waals surface area contributed by atoms with E-state index in [1.54, 1.807) is 0 Å². The summed E-state index contributed by atoms with van der Waals surface area (Å²) in [6.45, 7) is 5.23. The molecule has 18 heavy (non-hydrogen) atoms. The minimum atomic E-state index is 0.850. The third-order valence-electron chi connectivity index (χ3n) is 3.27. The number of benzene rings is 1. The predicted molar refractivity (Wildman–Crippen MR) is 76.2 cm³/mol. The molecule has 1 heterocycles. The van der Waals surface area contributed by atoms with Crippen molar-refractivity contribution in [2.75, 3.05) is 33.2 Å². The standard InChI is InChI=1S/C16H22N2/c1-17(15-16-9-3-2-4-10-16)11-5-6-12-18-13-7-8-14-18/h2-4,9-10H,7-8,11-15H2,1H3. The van der Waals surface area contributed by atoms with Gasteiger partial charge < -0.3 is 0 Å². The third kappa shape index (κ3) is 4.52. The van der Waals surface area contributed by atoms with Crippen molar-refractivity contribution >= 4 is 0 Å². The third-order valence-corrected chi connectivity index (χ3v) is 3.27. The SMILES string of the molecule is CN(CC#CCN1CCCC1)Cc1ccccc1. The molecule has 0 aromatic heterocycles. The first-order chi connectivity index (χ1) is 8.84. The van der Waals surface area contributed by atoms with Gasteiger partial charge in [0.15, 0.2) is 0 Å². The summed E-state index contributed by atoms with van der Waals surface area (Å²) in [6, 6.07) is 10.5. The van der Waals surface area contributed by atoms with Crippen molar-refractivity contribution in [1.82, 2.24) is 9.80 Å². The van der Waals surface area contributed by atoms with Crippen LogP contribution in [0.15, 0.2) is 30.3 Å². The monoisotopic (exact) mass is 242 g/mol. The zero-order valence-electron chi connectivity index (χ0n) is 11.2. The van der Waals surface area contributed by atoms with Crippen LogP contribution in [0.5, 0.6) is 0 Å². The van der Waals surface area contributed by atoms with Crippen LogP contribution in [-0.2, 0) is 6.54 Å². The lowest BCUT2D eigenvalue weighted by molar-refractivity contribution is 0.367. The summed E-state index contributed by atoms with van der Waals surface area (Å²) in [4.78, 5) is 4.69. The van der Waals surface area contributed by atoms with Crippen molar-refractivity contribution in [3.63, 3.8) is 0 Å². The van der Waals surface area contributed by atoms with E-state index in [0.717, 1.165) is 19.6 Å². The van der Waals surface area contributed by atoms with Crippen LogP contribution < -0.4 is 0 Å². The van der Waals surface area contributed by atoms with Gasteiger partial charge in [0.05, 0.1) is 13.1 Å². The molecule has 2 heteroatoms. The molecule has 0 N–H and O–H groups in total. The summed E-state index contributed by atoms with van der Waals surface area (Å²) < 4.78 is 0. The number of hydrogen-bond acceptors (Lipinski definition) is 2. The molecular formula is C16H22N2. The number of likely N-dealkylation sites (tertiary alicyclic amines) is 1. The Bertz CT molecular complexity index is 396. The van der Waals surface area contributed by atoms with Gasteiger partial charge in [-0.3, -0.25) is 9.80 Å². The Morgan fingerprint density at radius 3 is 2.56 bits per heavy atom. The minimum Gasteiger partial charge on any atom is -0.292 e.